The molecule has 0 aliphatic carbocycles. The van der Waals surface area contributed by atoms with Crippen molar-refractivity contribution < 1.29 is 32.5 Å². The number of benzene rings is 1. The lowest BCUT2D eigenvalue weighted by Crippen LogP contribution is -2.17. The summed E-state index contributed by atoms with van der Waals surface area (Å²) in [6, 6.07) is 3.63. The predicted octanol–water partition coefficient (Wildman–Crippen LogP) is 3.08. The van der Waals surface area contributed by atoms with Crippen LogP contribution < -0.4 is 9.47 Å². The first-order valence-electron chi connectivity index (χ1n) is 5.25. The Morgan fingerprint density at radius 1 is 1.37 bits per heavy atom. The molecular weight excluding hydrogens is 265 g/mol. The molecule has 4 nitrogen and oxygen atoms in total. The Morgan fingerprint density at radius 2 is 2.05 bits per heavy atom. The van der Waals surface area contributed by atoms with Crippen molar-refractivity contribution in [1.82, 2.24) is 0 Å². The van der Waals surface area contributed by atoms with Gasteiger partial charge in [-0.1, -0.05) is 6.07 Å². The van der Waals surface area contributed by atoms with E-state index < -0.39 is 18.1 Å². The number of hydrogen-bond acceptors (Lipinski definition) is 3. The van der Waals surface area contributed by atoms with Gasteiger partial charge in [0, 0.05) is 6.08 Å². The van der Waals surface area contributed by atoms with E-state index >= 15 is 0 Å². The first-order chi connectivity index (χ1) is 8.81. The lowest BCUT2D eigenvalue weighted by molar-refractivity contribution is -0.275. The van der Waals surface area contributed by atoms with Crippen molar-refractivity contribution in [3.8, 4) is 11.5 Å². The van der Waals surface area contributed by atoms with Crippen LogP contribution in [0.5, 0.6) is 11.5 Å². The van der Waals surface area contributed by atoms with Crippen molar-refractivity contribution >= 4 is 12.0 Å². The summed E-state index contributed by atoms with van der Waals surface area (Å²) in [7, 11) is 0. The Labute approximate surface area is 107 Å². The third kappa shape index (κ3) is 5.33. The minimum atomic E-state index is -4.82. The quantitative estimate of drug-likeness (QED) is 0.840. The Bertz CT molecular complexity index is 480. The fourth-order valence-corrected chi connectivity index (χ4v) is 1.27. The molecule has 0 heterocycles. The molecule has 0 radical (unpaired) electrons. The zero-order valence-electron chi connectivity index (χ0n) is 9.90. The Morgan fingerprint density at radius 3 is 2.58 bits per heavy atom. The van der Waals surface area contributed by atoms with Gasteiger partial charge in [-0.25, -0.2) is 4.79 Å². The number of aliphatic carboxylic acids is 1. The van der Waals surface area contributed by atoms with Crippen LogP contribution in [0.1, 0.15) is 12.5 Å². The molecule has 0 spiro atoms. The highest BCUT2D eigenvalue weighted by Gasteiger charge is 2.32. The van der Waals surface area contributed by atoms with Gasteiger partial charge in [-0.2, -0.15) is 0 Å². The van der Waals surface area contributed by atoms with E-state index in [-0.39, 0.29) is 12.4 Å². The van der Waals surface area contributed by atoms with E-state index in [1.54, 1.807) is 6.92 Å². The van der Waals surface area contributed by atoms with Gasteiger partial charge in [0.25, 0.3) is 0 Å². The van der Waals surface area contributed by atoms with Crippen LogP contribution in [0.15, 0.2) is 24.3 Å². The van der Waals surface area contributed by atoms with Crippen LogP contribution in [-0.2, 0) is 4.79 Å². The molecule has 0 amide bonds. The topological polar surface area (TPSA) is 55.8 Å². The smallest absolute Gasteiger partial charge is 0.490 e. The van der Waals surface area contributed by atoms with Gasteiger partial charge in [-0.05, 0) is 30.7 Å². The maximum atomic E-state index is 12.1. The van der Waals surface area contributed by atoms with E-state index in [4.69, 9.17) is 9.84 Å². The first kappa shape index (κ1) is 14.9. The highest BCUT2D eigenvalue weighted by atomic mass is 19.4. The first-order valence-corrected chi connectivity index (χ1v) is 5.25. The summed E-state index contributed by atoms with van der Waals surface area (Å²) in [6.07, 6.45) is -2.71. The molecule has 1 aromatic rings. The Hall–Kier alpha value is -2.18. The van der Waals surface area contributed by atoms with E-state index in [0.717, 1.165) is 12.1 Å². The summed E-state index contributed by atoms with van der Waals surface area (Å²) in [6.45, 7) is 1.76. The number of alkyl halides is 3. The van der Waals surface area contributed by atoms with E-state index in [9.17, 15) is 18.0 Å². The number of carboxylic acids is 1. The molecular formula is C12H11F3O4. The molecule has 0 saturated carbocycles. The zero-order valence-corrected chi connectivity index (χ0v) is 9.90. The molecule has 104 valence electrons. The Balaban J connectivity index is 3.03. The van der Waals surface area contributed by atoms with Gasteiger partial charge >= 0.3 is 12.3 Å². The fraction of sp³-hybridized carbons (Fsp3) is 0.250. The van der Waals surface area contributed by atoms with Gasteiger partial charge in [-0.3, -0.25) is 0 Å². The average molecular weight is 276 g/mol. The molecule has 0 bridgehead atoms. The molecule has 1 N–H and O–H groups in total. The molecule has 19 heavy (non-hydrogen) atoms. The van der Waals surface area contributed by atoms with Gasteiger partial charge < -0.3 is 14.6 Å². The average Bonchev–Trinajstić information content (AvgIpc) is 2.28. The molecule has 0 aromatic heterocycles. The van der Waals surface area contributed by atoms with Gasteiger partial charge in [0.1, 0.15) is 0 Å². The van der Waals surface area contributed by atoms with Crippen LogP contribution in [0.2, 0.25) is 0 Å². The molecule has 0 saturated heterocycles. The van der Waals surface area contributed by atoms with Crippen molar-refractivity contribution in [2.75, 3.05) is 6.61 Å². The van der Waals surface area contributed by atoms with Crippen molar-refractivity contribution in [3.05, 3.63) is 29.8 Å². The number of ether oxygens (including phenoxy) is 2. The van der Waals surface area contributed by atoms with E-state index in [0.29, 0.717) is 5.56 Å². The minimum Gasteiger partial charge on any atom is -0.490 e. The molecule has 0 unspecified atom stereocenters. The van der Waals surface area contributed by atoms with Crippen LogP contribution in [0.25, 0.3) is 6.08 Å². The van der Waals surface area contributed by atoms with Crippen LogP contribution in [-0.4, -0.2) is 24.0 Å². The predicted molar refractivity (Wildman–Crippen MR) is 61.0 cm³/mol. The van der Waals surface area contributed by atoms with Crippen molar-refractivity contribution in [2.45, 2.75) is 13.3 Å². The second-order valence-electron chi connectivity index (χ2n) is 3.36. The normalized spacial score (nSPS) is 11.6. The maximum absolute atomic E-state index is 12.1. The molecule has 1 aromatic carbocycles. The van der Waals surface area contributed by atoms with Crippen LogP contribution >= 0.6 is 0 Å². The molecule has 0 fully saturated rings. The van der Waals surface area contributed by atoms with Gasteiger partial charge in [0.05, 0.1) is 6.61 Å². The SMILES string of the molecule is CCOc1cc(/C=C/C(=O)O)ccc1OC(F)(F)F. The summed E-state index contributed by atoms with van der Waals surface area (Å²) in [5.41, 5.74) is 0.389. The monoisotopic (exact) mass is 276 g/mol. The Kier molecular flexibility index (Phi) is 4.80. The summed E-state index contributed by atoms with van der Waals surface area (Å²) < 4.78 is 45.3. The maximum Gasteiger partial charge on any atom is 0.573 e. The second-order valence-corrected chi connectivity index (χ2v) is 3.36. The standard InChI is InChI=1S/C12H11F3O4/c1-2-18-10-7-8(4-6-11(16)17)3-5-9(10)19-12(13,14)15/h3-7H,2H2,1H3,(H,16,17)/b6-4+. The highest BCUT2D eigenvalue weighted by molar-refractivity contribution is 5.85. The number of halogens is 3. The number of hydrogen-bond donors (Lipinski definition) is 1. The fourth-order valence-electron chi connectivity index (χ4n) is 1.27. The number of carboxylic acid groups (broad SMARTS) is 1. The molecule has 0 atom stereocenters. The van der Waals surface area contributed by atoms with Gasteiger partial charge in [0.2, 0.25) is 0 Å². The number of carbonyl (C=O) groups is 1. The van der Waals surface area contributed by atoms with Crippen LogP contribution in [0.3, 0.4) is 0 Å². The van der Waals surface area contributed by atoms with Crippen molar-refractivity contribution in [2.24, 2.45) is 0 Å². The van der Waals surface area contributed by atoms with Crippen LogP contribution in [0, 0.1) is 0 Å². The van der Waals surface area contributed by atoms with Crippen molar-refractivity contribution in [3.63, 3.8) is 0 Å². The second kappa shape index (κ2) is 6.12. The summed E-state index contributed by atoms with van der Waals surface area (Å²) in [5, 5.41) is 8.46. The zero-order chi connectivity index (χ0) is 14.5. The molecule has 7 heteroatoms. The lowest BCUT2D eigenvalue weighted by atomic mass is 10.2. The molecule has 0 aliphatic heterocycles. The highest BCUT2D eigenvalue weighted by Crippen LogP contribution is 2.33. The van der Waals surface area contributed by atoms with E-state index in [1.165, 1.54) is 18.2 Å². The van der Waals surface area contributed by atoms with E-state index in [2.05, 4.69) is 4.74 Å². The molecule has 0 aliphatic rings. The van der Waals surface area contributed by atoms with Crippen molar-refractivity contribution in [1.29, 1.82) is 0 Å². The third-order valence-electron chi connectivity index (χ3n) is 1.91. The summed E-state index contributed by atoms with van der Waals surface area (Å²) >= 11 is 0. The summed E-state index contributed by atoms with van der Waals surface area (Å²) in [5.74, 6) is -1.73. The summed E-state index contributed by atoms with van der Waals surface area (Å²) in [4.78, 5) is 10.3. The third-order valence-corrected chi connectivity index (χ3v) is 1.91. The lowest BCUT2D eigenvalue weighted by Gasteiger charge is -2.13. The minimum absolute atomic E-state index is 0.104. The number of rotatable bonds is 5. The van der Waals surface area contributed by atoms with Gasteiger partial charge in [0.15, 0.2) is 11.5 Å². The molecule has 1 rings (SSSR count). The van der Waals surface area contributed by atoms with Gasteiger partial charge in [-0.15, -0.1) is 13.2 Å². The largest absolute Gasteiger partial charge is 0.573 e. The van der Waals surface area contributed by atoms with E-state index in [1.807, 2.05) is 0 Å². The van der Waals surface area contributed by atoms with Crippen LogP contribution in [0.4, 0.5) is 13.2 Å².